The molecule has 1 N–H and O–H groups in total. The Hall–Kier alpha value is -2.40. The molecule has 1 aromatic heterocycles. The van der Waals surface area contributed by atoms with Crippen LogP contribution in [0.1, 0.15) is 43.7 Å². The van der Waals surface area contributed by atoms with Crippen molar-refractivity contribution >= 4 is 32.6 Å². The number of hydrogen-bond donors (Lipinski definition) is 1. The Bertz CT molecular complexity index is 869. The first-order valence-electron chi connectivity index (χ1n) is 8.91. The SMILES string of the molecule is Cc1cc(OCCCC(=O)Nc2nc3ccccc3s2)ccc1C(C)C. The van der Waals surface area contributed by atoms with Gasteiger partial charge in [-0.05, 0) is 54.7 Å². The third kappa shape index (κ3) is 4.61. The van der Waals surface area contributed by atoms with Crippen LogP contribution in [0.3, 0.4) is 0 Å². The summed E-state index contributed by atoms with van der Waals surface area (Å²) in [5, 5.41) is 3.52. The number of anilines is 1. The van der Waals surface area contributed by atoms with E-state index in [1.165, 1.54) is 22.5 Å². The van der Waals surface area contributed by atoms with Crippen LogP contribution < -0.4 is 10.1 Å². The van der Waals surface area contributed by atoms with Crippen molar-refractivity contribution in [3.8, 4) is 5.75 Å². The fraction of sp³-hybridized carbons (Fsp3) is 0.333. The van der Waals surface area contributed by atoms with Crippen LogP contribution in [0.4, 0.5) is 5.13 Å². The largest absolute Gasteiger partial charge is 0.494 e. The van der Waals surface area contributed by atoms with E-state index in [9.17, 15) is 4.79 Å². The van der Waals surface area contributed by atoms with Gasteiger partial charge in [0.15, 0.2) is 5.13 Å². The summed E-state index contributed by atoms with van der Waals surface area (Å²) >= 11 is 1.49. The molecule has 3 rings (SSSR count). The molecule has 0 spiro atoms. The van der Waals surface area contributed by atoms with Crippen LogP contribution >= 0.6 is 11.3 Å². The molecule has 0 bridgehead atoms. The van der Waals surface area contributed by atoms with E-state index in [-0.39, 0.29) is 5.91 Å². The number of rotatable bonds is 7. The summed E-state index contributed by atoms with van der Waals surface area (Å²) in [6.45, 7) is 7.00. The highest BCUT2D eigenvalue weighted by Crippen LogP contribution is 2.26. The van der Waals surface area contributed by atoms with Crippen LogP contribution in [0.5, 0.6) is 5.75 Å². The van der Waals surface area contributed by atoms with E-state index in [1.54, 1.807) is 0 Å². The average molecular weight is 369 g/mol. The van der Waals surface area contributed by atoms with Crippen LogP contribution in [-0.4, -0.2) is 17.5 Å². The molecule has 1 heterocycles. The maximum absolute atomic E-state index is 12.1. The van der Waals surface area contributed by atoms with Gasteiger partial charge in [-0.25, -0.2) is 4.98 Å². The number of benzene rings is 2. The van der Waals surface area contributed by atoms with E-state index in [0.29, 0.717) is 30.5 Å². The summed E-state index contributed by atoms with van der Waals surface area (Å²) < 4.78 is 6.85. The van der Waals surface area contributed by atoms with Crippen molar-refractivity contribution in [1.82, 2.24) is 4.98 Å². The van der Waals surface area contributed by atoms with E-state index in [2.05, 4.69) is 43.2 Å². The highest BCUT2D eigenvalue weighted by atomic mass is 32.1. The summed E-state index contributed by atoms with van der Waals surface area (Å²) in [6.07, 6.45) is 1.08. The molecule has 0 saturated heterocycles. The van der Waals surface area contributed by atoms with Crippen LogP contribution in [-0.2, 0) is 4.79 Å². The van der Waals surface area contributed by atoms with Gasteiger partial charge in [-0.1, -0.05) is 43.4 Å². The van der Waals surface area contributed by atoms with E-state index in [4.69, 9.17) is 4.74 Å². The third-order valence-corrected chi connectivity index (χ3v) is 5.17. The van der Waals surface area contributed by atoms with E-state index in [1.807, 2.05) is 30.3 Å². The van der Waals surface area contributed by atoms with E-state index >= 15 is 0 Å². The van der Waals surface area contributed by atoms with Crippen molar-refractivity contribution < 1.29 is 9.53 Å². The minimum atomic E-state index is -0.0287. The maximum atomic E-state index is 12.1. The zero-order valence-electron chi connectivity index (χ0n) is 15.4. The Morgan fingerprint density at radius 3 is 2.77 bits per heavy atom. The summed E-state index contributed by atoms with van der Waals surface area (Å²) in [4.78, 5) is 16.5. The summed E-state index contributed by atoms with van der Waals surface area (Å²) in [5.74, 6) is 1.34. The quantitative estimate of drug-likeness (QED) is 0.558. The van der Waals surface area contributed by atoms with Gasteiger partial charge >= 0.3 is 0 Å². The molecule has 0 radical (unpaired) electrons. The Morgan fingerprint density at radius 1 is 1.23 bits per heavy atom. The number of nitrogens with one attached hydrogen (secondary N) is 1. The fourth-order valence-corrected chi connectivity index (χ4v) is 3.80. The minimum Gasteiger partial charge on any atom is -0.494 e. The predicted octanol–water partition coefficient (Wildman–Crippen LogP) is 5.53. The highest BCUT2D eigenvalue weighted by Gasteiger charge is 2.08. The second-order valence-corrected chi connectivity index (χ2v) is 7.69. The van der Waals surface area contributed by atoms with Crippen molar-refractivity contribution in [3.63, 3.8) is 0 Å². The molecule has 0 fully saturated rings. The van der Waals surface area contributed by atoms with Gasteiger partial charge in [-0.2, -0.15) is 0 Å². The van der Waals surface area contributed by atoms with Gasteiger partial charge in [-0.3, -0.25) is 4.79 Å². The molecule has 1 amide bonds. The highest BCUT2D eigenvalue weighted by molar-refractivity contribution is 7.22. The molecule has 0 unspecified atom stereocenters. The lowest BCUT2D eigenvalue weighted by Crippen LogP contribution is -2.12. The number of carbonyl (C=O) groups is 1. The number of aromatic nitrogens is 1. The molecule has 26 heavy (non-hydrogen) atoms. The zero-order chi connectivity index (χ0) is 18.5. The topological polar surface area (TPSA) is 51.2 Å². The standard InChI is InChI=1S/C21H24N2O2S/c1-14(2)17-11-10-16(13-15(17)3)25-12-6-9-20(24)23-21-22-18-7-4-5-8-19(18)26-21/h4-5,7-8,10-11,13-14H,6,9,12H2,1-3H3,(H,22,23,24). The van der Waals surface area contributed by atoms with Gasteiger partial charge in [0.1, 0.15) is 5.75 Å². The first-order valence-corrected chi connectivity index (χ1v) is 9.73. The van der Waals surface area contributed by atoms with Gasteiger partial charge in [0.25, 0.3) is 0 Å². The number of aryl methyl sites for hydroxylation is 1. The van der Waals surface area contributed by atoms with Crippen molar-refractivity contribution in [2.75, 3.05) is 11.9 Å². The third-order valence-electron chi connectivity index (χ3n) is 4.22. The van der Waals surface area contributed by atoms with Crippen LogP contribution in [0.15, 0.2) is 42.5 Å². The average Bonchev–Trinajstić information content (AvgIpc) is 3.00. The molecular formula is C21H24N2O2S. The molecular weight excluding hydrogens is 344 g/mol. The number of para-hydroxylation sites is 1. The van der Waals surface area contributed by atoms with E-state index < -0.39 is 0 Å². The lowest BCUT2D eigenvalue weighted by molar-refractivity contribution is -0.116. The number of carbonyl (C=O) groups excluding carboxylic acids is 1. The summed E-state index contributed by atoms with van der Waals surface area (Å²) in [6, 6.07) is 14.1. The van der Waals surface area contributed by atoms with Crippen molar-refractivity contribution in [2.24, 2.45) is 0 Å². The number of hydrogen-bond acceptors (Lipinski definition) is 4. The first-order chi connectivity index (χ1) is 12.5. The Balaban J connectivity index is 1.44. The molecule has 3 aromatic rings. The molecule has 2 aromatic carbocycles. The van der Waals surface area contributed by atoms with Crippen LogP contribution in [0, 0.1) is 6.92 Å². The molecule has 0 atom stereocenters. The maximum Gasteiger partial charge on any atom is 0.226 e. The van der Waals surface area contributed by atoms with Gasteiger partial charge in [0.2, 0.25) is 5.91 Å². The molecule has 0 saturated carbocycles. The predicted molar refractivity (Wildman–Crippen MR) is 108 cm³/mol. The smallest absolute Gasteiger partial charge is 0.226 e. The molecule has 0 aliphatic heterocycles. The molecule has 0 aliphatic rings. The normalized spacial score (nSPS) is 11.1. The van der Waals surface area contributed by atoms with Crippen LogP contribution in [0.25, 0.3) is 10.2 Å². The fourth-order valence-electron chi connectivity index (χ4n) is 2.92. The summed E-state index contributed by atoms with van der Waals surface area (Å²) in [5.41, 5.74) is 3.50. The molecule has 136 valence electrons. The van der Waals surface area contributed by atoms with Crippen molar-refractivity contribution in [1.29, 1.82) is 0 Å². The van der Waals surface area contributed by atoms with E-state index in [0.717, 1.165) is 16.0 Å². The molecule has 5 heteroatoms. The number of fused-ring (bicyclic) bond motifs is 1. The Labute approximate surface area is 158 Å². The lowest BCUT2D eigenvalue weighted by atomic mass is 9.98. The van der Waals surface area contributed by atoms with Crippen molar-refractivity contribution in [3.05, 3.63) is 53.6 Å². The Kier molecular flexibility index (Phi) is 5.89. The van der Waals surface area contributed by atoms with Gasteiger partial charge in [0.05, 0.1) is 16.8 Å². The first kappa shape index (κ1) is 18.4. The molecule has 0 aliphatic carbocycles. The number of amides is 1. The van der Waals surface area contributed by atoms with Gasteiger partial charge in [-0.15, -0.1) is 0 Å². The Morgan fingerprint density at radius 2 is 2.04 bits per heavy atom. The minimum absolute atomic E-state index is 0.0287. The molecule has 4 nitrogen and oxygen atoms in total. The van der Waals surface area contributed by atoms with Crippen molar-refractivity contribution in [2.45, 2.75) is 39.5 Å². The van der Waals surface area contributed by atoms with Gasteiger partial charge in [0, 0.05) is 6.42 Å². The van der Waals surface area contributed by atoms with Crippen LogP contribution in [0.2, 0.25) is 0 Å². The number of thiazole rings is 1. The number of ether oxygens (including phenoxy) is 1. The zero-order valence-corrected chi connectivity index (χ0v) is 16.2. The van der Waals surface area contributed by atoms with Gasteiger partial charge < -0.3 is 10.1 Å². The monoisotopic (exact) mass is 368 g/mol. The second kappa shape index (κ2) is 8.32. The summed E-state index contributed by atoms with van der Waals surface area (Å²) in [7, 11) is 0. The lowest BCUT2D eigenvalue weighted by Gasteiger charge is -2.12. The number of nitrogens with zero attached hydrogens (tertiary/aromatic N) is 1. The second-order valence-electron chi connectivity index (χ2n) is 6.66.